The second-order valence-electron chi connectivity index (χ2n) is 5.79. The summed E-state index contributed by atoms with van der Waals surface area (Å²) in [7, 11) is 0. The lowest BCUT2D eigenvalue weighted by atomic mass is 10.0. The van der Waals surface area contributed by atoms with Crippen LogP contribution in [0.15, 0.2) is 12.4 Å². The van der Waals surface area contributed by atoms with Crippen LogP contribution in [0.4, 0.5) is 5.82 Å². The lowest BCUT2D eigenvalue weighted by Gasteiger charge is -2.42. The summed E-state index contributed by atoms with van der Waals surface area (Å²) < 4.78 is 0. The van der Waals surface area contributed by atoms with Gasteiger partial charge in [-0.2, -0.15) is 0 Å². The number of aromatic nitrogens is 2. The molecule has 6 nitrogen and oxygen atoms in total. The zero-order valence-electron chi connectivity index (χ0n) is 11.8. The molecule has 1 aromatic rings. The topological polar surface area (TPSA) is 82.1 Å². The summed E-state index contributed by atoms with van der Waals surface area (Å²) in [6, 6.07) is 0. The number of rotatable bonds is 2. The molecule has 0 aromatic carbocycles. The molecule has 0 spiro atoms. The lowest BCUT2D eigenvalue weighted by molar-refractivity contribution is 0.128. The fraction of sp³-hybridized carbons (Fsp3) is 0.615. The maximum Gasteiger partial charge on any atom is 0.158 e. The van der Waals surface area contributed by atoms with Crippen molar-refractivity contribution in [3.05, 3.63) is 18.1 Å². The third-order valence-electron chi connectivity index (χ3n) is 3.46. The highest BCUT2D eigenvalue weighted by atomic mass is 15.3. The third-order valence-corrected chi connectivity index (χ3v) is 3.46. The highest BCUT2D eigenvalue weighted by Crippen LogP contribution is 2.20. The van der Waals surface area contributed by atoms with Crippen molar-refractivity contribution in [1.82, 2.24) is 14.9 Å². The SMILES string of the molecule is CC(C)(C)N1CCN(c2nccnc2C(=N)N)CC1. The van der Waals surface area contributed by atoms with Crippen LogP contribution in [-0.4, -0.2) is 52.4 Å². The quantitative estimate of drug-likeness (QED) is 0.605. The summed E-state index contributed by atoms with van der Waals surface area (Å²) in [6.45, 7) is 10.4. The van der Waals surface area contributed by atoms with Crippen LogP contribution in [0, 0.1) is 5.41 Å². The number of nitrogens with one attached hydrogen (secondary N) is 1. The highest BCUT2D eigenvalue weighted by molar-refractivity contribution is 5.97. The number of nitrogens with two attached hydrogens (primary N) is 1. The normalized spacial score (nSPS) is 17.5. The molecule has 0 bridgehead atoms. The van der Waals surface area contributed by atoms with E-state index in [2.05, 4.69) is 40.5 Å². The van der Waals surface area contributed by atoms with Crippen molar-refractivity contribution in [3.8, 4) is 0 Å². The summed E-state index contributed by atoms with van der Waals surface area (Å²) in [5, 5.41) is 7.57. The molecule has 0 saturated carbocycles. The third kappa shape index (κ3) is 3.01. The zero-order chi connectivity index (χ0) is 14.0. The van der Waals surface area contributed by atoms with Gasteiger partial charge in [0.15, 0.2) is 5.82 Å². The Morgan fingerprint density at radius 1 is 1.16 bits per heavy atom. The molecule has 0 amide bonds. The second kappa shape index (κ2) is 5.13. The van der Waals surface area contributed by atoms with Gasteiger partial charge in [-0.3, -0.25) is 10.3 Å². The molecule has 104 valence electrons. The van der Waals surface area contributed by atoms with Gasteiger partial charge in [0, 0.05) is 44.1 Å². The first-order chi connectivity index (χ1) is 8.89. The predicted octanol–water partition coefficient (Wildman–Crippen LogP) is 0.681. The van der Waals surface area contributed by atoms with Gasteiger partial charge in [-0.05, 0) is 20.8 Å². The Bertz CT molecular complexity index is 456. The minimum absolute atomic E-state index is 0.0265. The second-order valence-corrected chi connectivity index (χ2v) is 5.79. The maximum absolute atomic E-state index is 7.57. The molecule has 19 heavy (non-hydrogen) atoms. The summed E-state index contributed by atoms with van der Waals surface area (Å²) in [5.41, 5.74) is 6.23. The van der Waals surface area contributed by atoms with Gasteiger partial charge < -0.3 is 10.6 Å². The van der Waals surface area contributed by atoms with Crippen molar-refractivity contribution in [1.29, 1.82) is 5.41 Å². The minimum Gasteiger partial charge on any atom is -0.382 e. The summed E-state index contributed by atoms with van der Waals surface area (Å²) in [6.07, 6.45) is 3.23. The molecule has 1 fully saturated rings. The van der Waals surface area contributed by atoms with Crippen molar-refractivity contribution in [2.75, 3.05) is 31.1 Å². The number of anilines is 1. The van der Waals surface area contributed by atoms with Crippen LogP contribution in [0.3, 0.4) is 0 Å². The van der Waals surface area contributed by atoms with E-state index < -0.39 is 0 Å². The molecule has 1 saturated heterocycles. The van der Waals surface area contributed by atoms with Gasteiger partial charge in [0.05, 0.1) is 0 Å². The van der Waals surface area contributed by atoms with Crippen molar-refractivity contribution in [2.45, 2.75) is 26.3 Å². The predicted molar refractivity (Wildman–Crippen MR) is 76.6 cm³/mol. The number of hydrogen-bond donors (Lipinski definition) is 2. The van der Waals surface area contributed by atoms with Crippen LogP contribution in [0.5, 0.6) is 0 Å². The lowest BCUT2D eigenvalue weighted by Crippen LogP contribution is -2.54. The van der Waals surface area contributed by atoms with Gasteiger partial charge in [-0.25, -0.2) is 9.97 Å². The van der Waals surface area contributed by atoms with E-state index in [0.29, 0.717) is 5.69 Å². The average Bonchev–Trinajstić information content (AvgIpc) is 2.38. The van der Waals surface area contributed by atoms with E-state index in [9.17, 15) is 0 Å². The first-order valence-corrected chi connectivity index (χ1v) is 6.55. The Kier molecular flexibility index (Phi) is 3.71. The van der Waals surface area contributed by atoms with E-state index in [4.69, 9.17) is 11.1 Å². The van der Waals surface area contributed by atoms with Gasteiger partial charge in [0.1, 0.15) is 11.5 Å². The van der Waals surface area contributed by atoms with Crippen molar-refractivity contribution < 1.29 is 0 Å². The van der Waals surface area contributed by atoms with Crippen LogP contribution in [0.25, 0.3) is 0 Å². The first kappa shape index (κ1) is 13.7. The van der Waals surface area contributed by atoms with Gasteiger partial charge in [-0.15, -0.1) is 0 Å². The molecule has 2 rings (SSSR count). The molecular weight excluding hydrogens is 240 g/mol. The molecule has 1 aliphatic heterocycles. The molecule has 0 atom stereocenters. The number of nitrogens with zero attached hydrogens (tertiary/aromatic N) is 4. The summed E-state index contributed by atoms with van der Waals surface area (Å²) >= 11 is 0. The Hall–Kier alpha value is -1.69. The maximum atomic E-state index is 7.57. The number of nitrogen functional groups attached to an aromatic ring is 1. The molecule has 0 unspecified atom stereocenters. The Morgan fingerprint density at radius 2 is 1.74 bits per heavy atom. The monoisotopic (exact) mass is 262 g/mol. The smallest absolute Gasteiger partial charge is 0.158 e. The largest absolute Gasteiger partial charge is 0.382 e. The summed E-state index contributed by atoms with van der Waals surface area (Å²) in [4.78, 5) is 13.1. The van der Waals surface area contributed by atoms with E-state index in [1.807, 2.05) is 0 Å². The molecular formula is C13H22N6. The Labute approximate surface area is 114 Å². The zero-order valence-corrected chi connectivity index (χ0v) is 11.8. The standard InChI is InChI=1S/C13H22N6/c1-13(2,3)19-8-6-18(7-9-19)12-10(11(14)15)16-4-5-17-12/h4-5H,6-9H2,1-3H3,(H3,14,15). The highest BCUT2D eigenvalue weighted by Gasteiger charge is 2.27. The average molecular weight is 262 g/mol. The van der Waals surface area contributed by atoms with Crippen molar-refractivity contribution in [3.63, 3.8) is 0 Å². The van der Waals surface area contributed by atoms with Crippen LogP contribution >= 0.6 is 0 Å². The van der Waals surface area contributed by atoms with E-state index in [0.717, 1.165) is 32.0 Å². The number of piperazine rings is 1. The number of hydrogen-bond acceptors (Lipinski definition) is 5. The fourth-order valence-corrected chi connectivity index (χ4v) is 2.34. The van der Waals surface area contributed by atoms with E-state index in [-0.39, 0.29) is 11.4 Å². The van der Waals surface area contributed by atoms with Crippen LogP contribution in [-0.2, 0) is 0 Å². The van der Waals surface area contributed by atoms with Gasteiger partial charge in [-0.1, -0.05) is 0 Å². The van der Waals surface area contributed by atoms with Crippen molar-refractivity contribution in [2.24, 2.45) is 5.73 Å². The fourth-order valence-electron chi connectivity index (χ4n) is 2.34. The molecule has 2 heterocycles. The van der Waals surface area contributed by atoms with E-state index >= 15 is 0 Å². The molecule has 1 aromatic heterocycles. The minimum atomic E-state index is -0.0265. The first-order valence-electron chi connectivity index (χ1n) is 6.55. The van der Waals surface area contributed by atoms with Crippen molar-refractivity contribution >= 4 is 11.7 Å². The Morgan fingerprint density at radius 3 is 2.26 bits per heavy atom. The van der Waals surface area contributed by atoms with E-state index in [1.54, 1.807) is 12.4 Å². The Balaban J connectivity index is 2.12. The van der Waals surface area contributed by atoms with Crippen LogP contribution < -0.4 is 10.6 Å². The number of amidine groups is 1. The molecule has 0 aliphatic carbocycles. The van der Waals surface area contributed by atoms with Crippen LogP contribution in [0.1, 0.15) is 26.5 Å². The van der Waals surface area contributed by atoms with Gasteiger partial charge in [0.25, 0.3) is 0 Å². The van der Waals surface area contributed by atoms with Crippen LogP contribution in [0.2, 0.25) is 0 Å². The molecule has 0 radical (unpaired) electrons. The summed E-state index contributed by atoms with van der Waals surface area (Å²) in [5.74, 6) is 0.699. The van der Waals surface area contributed by atoms with E-state index in [1.165, 1.54) is 0 Å². The molecule has 6 heteroatoms. The van der Waals surface area contributed by atoms with Gasteiger partial charge >= 0.3 is 0 Å². The van der Waals surface area contributed by atoms with Gasteiger partial charge in [0.2, 0.25) is 0 Å². The molecule has 3 N–H and O–H groups in total. The molecule has 1 aliphatic rings.